The summed E-state index contributed by atoms with van der Waals surface area (Å²) in [5, 5.41) is 3.39. The first kappa shape index (κ1) is 11.7. The van der Waals surface area contributed by atoms with Crippen molar-refractivity contribution in [2.75, 3.05) is 6.54 Å². The molecule has 0 saturated carbocycles. The lowest BCUT2D eigenvalue weighted by atomic mass is 10.2. The standard InChI is InChI=1S/C10H11N5O/c11-10(16)9-5-8(6-13-7-9)3-1-2-4-14-15-12/h1,3,5-7H,2,4H2,(H2,11,16). The smallest absolute Gasteiger partial charge is 0.250 e. The summed E-state index contributed by atoms with van der Waals surface area (Å²) in [4.78, 5) is 17.4. The fraction of sp³-hybridized carbons (Fsp3) is 0.200. The minimum Gasteiger partial charge on any atom is -0.366 e. The Balaban J connectivity index is 2.63. The molecule has 6 heteroatoms. The summed E-state index contributed by atoms with van der Waals surface area (Å²) in [6.45, 7) is 0.413. The molecule has 1 aromatic rings. The molecule has 82 valence electrons. The van der Waals surface area contributed by atoms with Crippen LogP contribution in [0.1, 0.15) is 22.3 Å². The molecule has 6 nitrogen and oxygen atoms in total. The van der Waals surface area contributed by atoms with Gasteiger partial charge in [-0.05, 0) is 23.6 Å². The zero-order chi connectivity index (χ0) is 11.8. The Kier molecular flexibility index (Phi) is 4.56. The van der Waals surface area contributed by atoms with E-state index < -0.39 is 5.91 Å². The second-order valence-electron chi connectivity index (χ2n) is 3.02. The summed E-state index contributed by atoms with van der Waals surface area (Å²) >= 11 is 0. The Morgan fingerprint density at radius 2 is 2.44 bits per heavy atom. The van der Waals surface area contributed by atoms with Gasteiger partial charge in [0.1, 0.15) is 0 Å². The maximum Gasteiger partial charge on any atom is 0.250 e. The third-order valence-corrected chi connectivity index (χ3v) is 1.81. The lowest BCUT2D eigenvalue weighted by Gasteiger charge is -1.96. The number of nitrogens with zero attached hydrogens (tertiary/aromatic N) is 4. The molecule has 0 aliphatic rings. The molecule has 0 fully saturated rings. The maximum absolute atomic E-state index is 10.9. The highest BCUT2D eigenvalue weighted by Gasteiger charge is 1.99. The van der Waals surface area contributed by atoms with Crippen molar-refractivity contribution in [2.45, 2.75) is 6.42 Å². The van der Waals surface area contributed by atoms with E-state index in [0.29, 0.717) is 18.5 Å². The van der Waals surface area contributed by atoms with E-state index in [1.54, 1.807) is 18.3 Å². The van der Waals surface area contributed by atoms with Crippen molar-refractivity contribution in [1.29, 1.82) is 0 Å². The van der Waals surface area contributed by atoms with Crippen LogP contribution in [0.3, 0.4) is 0 Å². The number of azide groups is 1. The average molecular weight is 217 g/mol. The molecule has 1 heterocycles. The molecule has 0 spiro atoms. The Morgan fingerprint density at radius 3 is 3.12 bits per heavy atom. The van der Waals surface area contributed by atoms with Crippen molar-refractivity contribution < 1.29 is 4.79 Å². The predicted molar refractivity (Wildman–Crippen MR) is 60.4 cm³/mol. The van der Waals surface area contributed by atoms with Crippen molar-refractivity contribution in [3.8, 4) is 0 Å². The normalized spacial score (nSPS) is 10.0. The zero-order valence-corrected chi connectivity index (χ0v) is 8.58. The Hall–Kier alpha value is -2.33. The first-order chi connectivity index (χ1) is 7.74. The van der Waals surface area contributed by atoms with Gasteiger partial charge >= 0.3 is 0 Å². The van der Waals surface area contributed by atoms with Crippen LogP contribution in [-0.2, 0) is 0 Å². The van der Waals surface area contributed by atoms with Gasteiger partial charge in [-0.1, -0.05) is 17.3 Å². The highest BCUT2D eigenvalue weighted by Crippen LogP contribution is 2.04. The summed E-state index contributed by atoms with van der Waals surface area (Å²) in [7, 11) is 0. The second kappa shape index (κ2) is 6.21. The molecule has 16 heavy (non-hydrogen) atoms. The second-order valence-corrected chi connectivity index (χ2v) is 3.02. The van der Waals surface area contributed by atoms with Crippen LogP contribution >= 0.6 is 0 Å². The van der Waals surface area contributed by atoms with Crippen molar-refractivity contribution in [3.05, 3.63) is 46.1 Å². The number of carbonyl (C=O) groups excluding carboxylic acids is 1. The summed E-state index contributed by atoms with van der Waals surface area (Å²) in [6.07, 6.45) is 7.32. The van der Waals surface area contributed by atoms with Crippen molar-refractivity contribution in [3.63, 3.8) is 0 Å². The number of carbonyl (C=O) groups is 1. The van der Waals surface area contributed by atoms with E-state index in [2.05, 4.69) is 15.0 Å². The van der Waals surface area contributed by atoms with Crippen LogP contribution in [-0.4, -0.2) is 17.4 Å². The lowest BCUT2D eigenvalue weighted by Crippen LogP contribution is -2.11. The van der Waals surface area contributed by atoms with E-state index in [1.807, 2.05) is 6.08 Å². The molecule has 0 aromatic carbocycles. The molecule has 0 aliphatic carbocycles. The summed E-state index contributed by atoms with van der Waals surface area (Å²) < 4.78 is 0. The molecule has 0 bridgehead atoms. The van der Waals surface area contributed by atoms with Crippen LogP contribution in [0.25, 0.3) is 16.5 Å². The number of pyridine rings is 1. The highest BCUT2D eigenvalue weighted by molar-refractivity contribution is 5.92. The Bertz CT molecular complexity index is 448. The van der Waals surface area contributed by atoms with E-state index in [1.165, 1.54) is 6.20 Å². The third kappa shape index (κ3) is 3.81. The van der Waals surface area contributed by atoms with Crippen molar-refractivity contribution >= 4 is 12.0 Å². The van der Waals surface area contributed by atoms with Gasteiger partial charge in [0.25, 0.3) is 0 Å². The highest BCUT2D eigenvalue weighted by atomic mass is 16.1. The SMILES string of the molecule is [N-]=[N+]=NCCC=Cc1cncc(C(N)=O)c1. The number of hydrogen-bond acceptors (Lipinski definition) is 3. The first-order valence-electron chi connectivity index (χ1n) is 4.66. The number of hydrogen-bond donors (Lipinski definition) is 1. The minimum absolute atomic E-state index is 0.372. The quantitative estimate of drug-likeness (QED) is 0.352. The lowest BCUT2D eigenvalue weighted by molar-refractivity contribution is 0.1000. The monoisotopic (exact) mass is 217 g/mol. The molecule has 0 atom stereocenters. The largest absolute Gasteiger partial charge is 0.366 e. The summed E-state index contributed by atoms with van der Waals surface area (Å²) in [5.74, 6) is -0.503. The van der Waals surface area contributed by atoms with Gasteiger partial charge in [0.15, 0.2) is 0 Å². The summed E-state index contributed by atoms with van der Waals surface area (Å²) in [6, 6.07) is 1.65. The van der Waals surface area contributed by atoms with Gasteiger partial charge in [0, 0.05) is 23.9 Å². The number of primary amides is 1. The van der Waals surface area contributed by atoms with E-state index in [0.717, 1.165) is 5.56 Å². The molecule has 1 aromatic heterocycles. The van der Waals surface area contributed by atoms with Gasteiger partial charge in [0.05, 0.1) is 5.56 Å². The fourth-order valence-corrected chi connectivity index (χ4v) is 1.08. The van der Waals surface area contributed by atoms with Crippen LogP contribution in [0.2, 0.25) is 0 Å². The molecule has 0 unspecified atom stereocenters. The minimum atomic E-state index is -0.503. The maximum atomic E-state index is 10.9. The number of rotatable bonds is 5. The number of aromatic nitrogens is 1. The van der Waals surface area contributed by atoms with Crippen LogP contribution in [0.4, 0.5) is 0 Å². The van der Waals surface area contributed by atoms with E-state index in [-0.39, 0.29) is 0 Å². The molecule has 2 N–H and O–H groups in total. The zero-order valence-electron chi connectivity index (χ0n) is 8.58. The molecule has 0 saturated heterocycles. The molecular weight excluding hydrogens is 206 g/mol. The fourth-order valence-electron chi connectivity index (χ4n) is 1.08. The van der Waals surface area contributed by atoms with Crippen molar-refractivity contribution in [2.24, 2.45) is 10.8 Å². The van der Waals surface area contributed by atoms with Crippen LogP contribution in [0, 0.1) is 0 Å². The molecular formula is C10H11N5O. The van der Waals surface area contributed by atoms with Gasteiger partial charge < -0.3 is 5.73 Å². The average Bonchev–Trinajstić information content (AvgIpc) is 2.29. The van der Waals surface area contributed by atoms with E-state index in [9.17, 15) is 4.79 Å². The first-order valence-corrected chi connectivity index (χ1v) is 4.66. The van der Waals surface area contributed by atoms with E-state index >= 15 is 0 Å². The van der Waals surface area contributed by atoms with Crippen LogP contribution < -0.4 is 5.73 Å². The predicted octanol–water partition coefficient (Wildman–Crippen LogP) is 1.89. The molecule has 0 aliphatic heterocycles. The molecule has 0 radical (unpaired) electrons. The van der Waals surface area contributed by atoms with Gasteiger partial charge in [-0.3, -0.25) is 9.78 Å². The topological polar surface area (TPSA) is 105 Å². The van der Waals surface area contributed by atoms with Gasteiger partial charge in [-0.2, -0.15) is 0 Å². The van der Waals surface area contributed by atoms with Gasteiger partial charge in [0.2, 0.25) is 5.91 Å². The Morgan fingerprint density at radius 1 is 1.62 bits per heavy atom. The van der Waals surface area contributed by atoms with Gasteiger partial charge in [-0.15, -0.1) is 0 Å². The molecule has 1 rings (SSSR count). The third-order valence-electron chi connectivity index (χ3n) is 1.81. The number of amides is 1. The van der Waals surface area contributed by atoms with Gasteiger partial charge in [-0.25, -0.2) is 0 Å². The Labute approximate surface area is 92.4 Å². The number of nitrogens with two attached hydrogens (primary N) is 1. The van der Waals surface area contributed by atoms with Crippen LogP contribution in [0.5, 0.6) is 0 Å². The van der Waals surface area contributed by atoms with Crippen molar-refractivity contribution in [1.82, 2.24) is 4.98 Å². The van der Waals surface area contributed by atoms with Crippen LogP contribution in [0.15, 0.2) is 29.7 Å². The summed E-state index contributed by atoms with van der Waals surface area (Å²) in [5.41, 5.74) is 14.3. The molecule has 1 amide bonds. The van der Waals surface area contributed by atoms with E-state index in [4.69, 9.17) is 11.3 Å².